The van der Waals surface area contributed by atoms with Gasteiger partial charge in [0.25, 0.3) is 0 Å². The summed E-state index contributed by atoms with van der Waals surface area (Å²) in [6.45, 7) is 7.96. The van der Waals surface area contributed by atoms with Crippen LogP contribution in [-0.2, 0) is 4.74 Å². The van der Waals surface area contributed by atoms with E-state index in [4.69, 9.17) is 10.5 Å². The Kier molecular flexibility index (Phi) is 6.57. The van der Waals surface area contributed by atoms with Crippen molar-refractivity contribution in [3.63, 3.8) is 0 Å². The first kappa shape index (κ1) is 10.9. The maximum atomic E-state index is 5.77. The summed E-state index contributed by atoms with van der Waals surface area (Å²) in [5.41, 5.74) is 5.77. The molecule has 0 spiro atoms. The highest BCUT2D eigenvalue weighted by atomic mass is 16.5. The van der Waals surface area contributed by atoms with E-state index in [0.717, 1.165) is 13.0 Å². The SMILES string of the molecule is CCCCOCC(N)C(C)C. The summed E-state index contributed by atoms with van der Waals surface area (Å²) in [4.78, 5) is 0. The fourth-order valence-corrected chi connectivity index (χ4v) is 0.658. The molecule has 0 rings (SSSR count). The lowest BCUT2D eigenvalue weighted by Crippen LogP contribution is -2.31. The molecule has 0 amide bonds. The molecule has 0 aliphatic carbocycles. The van der Waals surface area contributed by atoms with Gasteiger partial charge in [0, 0.05) is 12.6 Å². The molecule has 0 aliphatic heterocycles. The number of rotatable bonds is 6. The Balaban J connectivity index is 3.10. The van der Waals surface area contributed by atoms with Crippen molar-refractivity contribution in [2.75, 3.05) is 13.2 Å². The molecule has 0 aromatic rings. The maximum absolute atomic E-state index is 5.77. The molecule has 68 valence electrons. The van der Waals surface area contributed by atoms with Gasteiger partial charge in [0.2, 0.25) is 0 Å². The van der Waals surface area contributed by atoms with Crippen molar-refractivity contribution >= 4 is 0 Å². The summed E-state index contributed by atoms with van der Waals surface area (Å²) in [6.07, 6.45) is 2.34. The van der Waals surface area contributed by atoms with Crippen LogP contribution in [0.3, 0.4) is 0 Å². The third kappa shape index (κ3) is 6.32. The van der Waals surface area contributed by atoms with Crippen LogP contribution in [0.15, 0.2) is 0 Å². The van der Waals surface area contributed by atoms with Gasteiger partial charge in [-0.25, -0.2) is 0 Å². The van der Waals surface area contributed by atoms with Gasteiger partial charge < -0.3 is 10.5 Å². The highest BCUT2D eigenvalue weighted by molar-refractivity contribution is 4.63. The maximum Gasteiger partial charge on any atom is 0.0619 e. The van der Waals surface area contributed by atoms with Gasteiger partial charge in [-0.3, -0.25) is 0 Å². The van der Waals surface area contributed by atoms with E-state index in [1.807, 2.05) is 0 Å². The molecule has 0 aliphatic rings. The van der Waals surface area contributed by atoms with E-state index in [9.17, 15) is 0 Å². The van der Waals surface area contributed by atoms with Gasteiger partial charge in [-0.2, -0.15) is 0 Å². The van der Waals surface area contributed by atoms with E-state index < -0.39 is 0 Å². The molecule has 2 heteroatoms. The van der Waals surface area contributed by atoms with Crippen molar-refractivity contribution in [3.8, 4) is 0 Å². The average molecular weight is 159 g/mol. The molecule has 0 heterocycles. The summed E-state index contributed by atoms with van der Waals surface area (Å²) in [6, 6.07) is 0.201. The summed E-state index contributed by atoms with van der Waals surface area (Å²) >= 11 is 0. The van der Waals surface area contributed by atoms with Crippen molar-refractivity contribution < 1.29 is 4.74 Å². The van der Waals surface area contributed by atoms with Gasteiger partial charge in [-0.1, -0.05) is 27.2 Å². The summed E-state index contributed by atoms with van der Waals surface area (Å²) in [7, 11) is 0. The largest absolute Gasteiger partial charge is 0.380 e. The molecule has 2 N–H and O–H groups in total. The van der Waals surface area contributed by atoms with Gasteiger partial charge in [-0.05, 0) is 12.3 Å². The quantitative estimate of drug-likeness (QED) is 0.600. The molecule has 0 saturated heterocycles. The number of hydrogen-bond donors (Lipinski definition) is 1. The van der Waals surface area contributed by atoms with Gasteiger partial charge >= 0.3 is 0 Å². The molecule has 0 bridgehead atoms. The van der Waals surface area contributed by atoms with Crippen LogP contribution in [0.25, 0.3) is 0 Å². The second kappa shape index (κ2) is 6.62. The predicted molar refractivity (Wildman–Crippen MR) is 48.5 cm³/mol. The lowest BCUT2D eigenvalue weighted by Gasteiger charge is -2.15. The van der Waals surface area contributed by atoms with Crippen LogP contribution in [-0.4, -0.2) is 19.3 Å². The number of unbranched alkanes of at least 4 members (excludes halogenated alkanes) is 1. The Morgan fingerprint density at radius 1 is 1.36 bits per heavy atom. The van der Waals surface area contributed by atoms with Crippen molar-refractivity contribution in [2.24, 2.45) is 11.7 Å². The summed E-state index contributed by atoms with van der Waals surface area (Å²) in [5, 5.41) is 0. The van der Waals surface area contributed by atoms with Crippen molar-refractivity contribution in [3.05, 3.63) is 0 Å². The van der Waals surface area contributed by atoms with Crippen LogP contribution in [0.4, 0.5) is 0 Å². The van der Waals surface area contributed by atoms with Crippen LogP contribution >= 0.6 is 0 Å². The summed E-state index contributed by atoms with van der Waals surface area (Å²) < 4.78 is 5.37. The number of hydrogen-bond acceptors (Lipinski definition) is 2. The zero-order chi connectivity index (χ0) is 8.69. The van der Waals surface area contributed by atoms with E-state index in [1.165, 1.54) is 6.42 Å². The van der Waals surface area contributed by atoms with Gasteiger partial charge in [0.15, 0.2) is 0 Å². The molecule has 11 heavy (non-hydrogen) atoms. The minimum atomic E-state index is 0.201. The monoisotopic (exact) mass is 159 g/mol. The first-order valence-electron chi connectivity index (χ1n) is 4.51. The van der Waals surface area contributed by atoms with E-state index in [-0.39, 0.29) is 6.04 Å². The third-order valence-electron chi connectivity index (χ3n) is 1.81. The van der Waals surface area contributed by atoms with Crippen LogP contribution in [0.5, 0.6) is 0 Å². The Labute approximate surface area is 70.1 Å². The zero-order valence-corrected chi connectivity index (χ0v) is 7.97. The molecule has 0 aromatic carbocycles. The Hall–Kier alpha value is -0.0800. The second-order valence-corrected chi connectivity index (χ2v) is 3.34. The predicted octanol–water partition coefficient (Wildman–Crippen LogP) is 1.79. The fourth-order valence-electron chi connectivity index (χ4n) is 0.658. The zero-order valence-electron chi connectivity index (χ0n) is 7.97. The van der Waals surface area contributed by atoms with Crippen LogP contribution in [0, 0.1) is 5.92 Å². The van der Waals surface area contributed by atoms with Crippen molar-refractivity contribution in [1.29, 1.82) is 0 Å². The van der Waals surface area contributed by atoms with Crippen LogP contribution in [0.2, 0.25) is 0 Å². The standard InChI is InChI=1S/C9H21NO/c1-4-5-6-11-7-9(10)8(2)3/h8-9H,4-7,10H2,1-3H3. The first-order chi connectivity index (χ1) is 5.18. The highest BCUT2D eigenvalue weighted by Crippen LogP contribution is 1.99. The normalized spacial score (nSPS) is 13.9. The van der Waals surface area contributed by atoms with E-state index in [0.29, 0.717) is 12.5 Å². The Bertz CT molecular complexity index is 83.6. The molecule has 1 atom stereocenters. The molecular formula is C9H21NO. The summed E-state index contributed by atoms with van der Waals surface area (Å²) in [5.74, 6) is 0.525. The molecule has 0 fully saturated rings. The van der Waals surface area contributed by atoms with Gasteiger partial charge in [-0.15, -0.1) is 0 Å². The van der Waals surface area contributed by atoms with Crippen molar-refractivity contribution in [1.82, 2.24) is 0 Å². The van der Waals surface area contributed by atoms with E-state index in [1.54, 1.807) is 0 Å². The van der Waals surface area contributed by atoms with Gasteiger partial charge in [0.05, 0.1) is 6.61 Å². The number of ether oxygens (including phenoxy) is 1. The minimum Gasteiger partial charge on any atom is -0.380 e. The average Bonchev–Trinajstić information content (AvgIpc) is 1.97. The molecular weight excluding hydrogens is 138 g/mol. The van der Waals surface area contributed by atoms with Crippen molar-refractivity contribution in [2.45, 2.75) is 39.7 Å². The third-order valence-corrected chi connectivity index (χ3v) is 1.81. The lowest BCUT2D eigenvalue weighted by molar-refractivity contribution is 0.107. The smallest absolute Gasteiger partial charge is 0.0619 e. The molecule has 1 unspecified atom stereocenters. The lowest BCUT2D eigenvalue weighted by atomic mass is 10.1. The fraction of sp³-hybridized carbons (Fsp3) is 1.00. The van der Waals surface area contributed by atoms with Gasteiger partial charge in [0.1, 0.15) is 0 Å². The van der Waals surface area contributed by atoms with E-state index >= 15 is 0 Å². The Morgan fingerprint density at radius 3 is 2.45 bits per heavy atom. The second-order valence-electron chi connectivity index (χ2n) is 3.34. The first-order valence-corrected chi connectivity index (χ1v) is 4.51. The molecule has 0 radical (unpaired) electrons. The van der Waals surface area contributed by atoms with Crippen LogP contribution in [0.1, 0.15) is 33.6 Å². The molecule has 0 aromatic heterocycles. The minimum absolute atomic E-state index is 0.201. The number of nitrogens with two attached hydrogens (primary N) is 1. The Morgan fingerprint density at radius 2 is 2.00 bits per heavy atom. The molecule has 2 nitrogen and oxygen atoms in total. The van der Waals surface area contributed by atoms with E-state index in [2.05, 4.69) is 20.8 Å². The topological polar surface area (TPSA) is 35.2 Å². The van der Waals surface area contributed by atoms with Crippen LogP contribution < -0.4 is 5.73 Å². The molecule has 0 saturated carbocycles. The highest BCUT2D eigenvalue weighted by Gasteiger charge is 2.06.